The van der Waals surface area contributed by atoms with Gasteiger partial charge in [0.25, 0.3) is 11.8 Å². The molecule has 2 aromatic carbocycles. The third-order valence-corrected chi connectivity index (χ3v) is 5.12. The topological polar surface area (TPSA) is 84.7 Å². The molecule has 1 aliphatic heterocycles. The molecule has 2 heterocycles. The van der Waals surface area contributed by atoms with Gasteiger partial charge in [0.15, 0.2) is 17.8 Å². The van der Waals surface area contributed by atoms with E-state index >= 15 is 0 Å². The van der Waals surface area contributed by atoms with Crippen LogP contribution in [0, 0.1) is 13.8 Å². The van der Waals surface area contributed by atoms with Crippen molar-refractivity contribution in [3.63, 3.8) is 0 Å². The van der Waals surface area contributed by atoms with E-state index in [1.54, 1.807) is 29.2 Å². The number of carbonyl (C=O) groups excluding carboxylic acids is 2. The van der Waals surface area contributed by atoms with Crippen molar-refractivity contribution >= 4 is 17.5 Å². The van der Waals surface area contributed by atoms with E-state index in [-0.39, 0.29) is 23.3 Å². The smallest absolute Gasteiger partial charge is 0.278 e. The summed E-state index contributed by atoms with van der Waals surface area (Å²) in [5.74, 6) is -0.234. The van der Waals surface area contributed by atoms with Crippen LogP contribution in [0.1, 0.15) is 32.0 Å². The predicted molar refractivity (Wildman–Crippen MR) is 113 cm³/mol. The van der Waals surface area contributed by atoms with Crippen molar-refractivity contribution in [3.05, 3.63) is 71.2 Å². The molecule has 0 bridgehead atoms. The summed E-state index contributed by atoms with van der Waals surface area (Å²) in [7, 11) is 0. The van der Waals surface area contributed by atoms with Gasteiger partial charge in [0.05, 0.1) is 18.8 Å². The van der Waals surface area contributed by atoms with E-state index in [4.69, 9.17) is 9.15 Å². The zero-order valence-electron chi connectivity index (χ0n) is 17.0. The molecule has 1 saturated heterocycles. The second-order valence-corrected chi connectivity index (χ2v) is 7.25. The van der Waals surface area contributed by atoms with Crippen molar-refractivity contribution in [1.29, 1.82) is 0 Å². The molecule has 7 heteroatoms. The summed E-state index contributed by atoms with van der Waals surface area (Å²) in [4.78, 5) is 31.9. The highest BCUT2D eigenvalue weighted by Crippen LogP contribution is 2.29. The molecule has 1 aromatic heterocycles. The van der Waals surface area contributed by atoms with Crippen LogP contribution in [0.4, 0.5) is 5.69 Å². The number of carbonyl (C=O) groups is 2. The number of amides is 2. The third-order valence-electron chi connectivity index (χ3n) is 5.12. The number of benzene rings is 2. The Morgan fingerprint density at radius 1 is 1.07 bits per heavy atom. The van der Waals surface area contributed by atoms with Gasteiger partial charge in [0, 0.05) is 24.3 Å². The number of nitrogens with one attached hydrogen (secondary N) is 1. The van der Waals surface area contributed by atoms with Crippen molar-refractivity contribution in [3.8, 4) is 11.3 Å². The lowest BCUT2D eigenvalue weighted by molar-refractivity contribution is 0.0303. The molecule has 0 spiro atoms. The zero-order chi connectivity index (χ0) is 21.1. The second-order valence-electron chi connectivity index (χ2n) is 7.25. The van der Waals surface area contributed by atoms with Crippen LogP contribution in [0.2, 0.25) is 0 Å². The van der Waals surface area contributed by atoms with Crippen LogP contribution in [0.25, 0.3) is 11.3 Å². The first-order chi connectivity index (χ1) is 14.5. The first-order valence-electron chi connectivity index (χ1n) is 9.83. The van der Waals surface area contributed by atoms with E-state index in [0.29, 0.717) is 43.1 Å². The summed E-state index contributed by atoms with van der Waals surface area (Å²) in [5.41, 5.74) is 3.85. The molecule has 0 atom stereocenters. The van der Waals surface area contributed by atoms with Crippen molar-refractivity contribution < 1.29 is 18.7 Å². The predicted octanol–water partition coefficient (Wildman–Crippen LogP) is 3.68. The van der Waals surface area contributed by atoms with Crippen molar-refractivity contribution in [1.82, 2.24) is 9.88 Å². The van der Waals surface area contributed by atoms with Crippen molar-refractivity contribution in [2.24, 2.45) is 0 Å². The quantitative estimate of drug-likeness (QED) is 0.716. The fraction of sp³-hybridized carbons (Fsp3) is 0.261. The summed E-state index contributed by atoms with van der Waals surface area (Å²) in [5, 5.41) is 2.90. The Morgan fingerprint density at radius 2 is 1.83 bits per heavy atom. The normalized spacial score (nSPS) is 13.9. The fourth-order valence-electron chi connectivity index (χ4n) is 3.46. The van der Waals surface area contributed by atoms with E-state index in [1.807, 2.05) is 32.0 Å². The average Bonchev–Trinajstić information content (AvgIpc) is 3.26. The maximum absolute atomic E-state index is 13.1. The lowest BCUT2D eigenvalue weighted by Crippen LogP contribution is -2.40. The van der Waals surface area contributed by atoms with Gasteiger partial charge in [-0.3, -0.25) is 9.59 Å². The Labute approximate surface area is 174 Å². The number of morpholine rings is 1. The highest BCUT2D eigenvalue weighted by atomic mass is 16.5. The Kier molecular flexibility index (Phi) is 5.63. The molecule has 2 amide bonds. The van der Waals surface area contributed by atoms with Gasteiger partial charge in [0.1, 0.15) is 0 Å². The molecule has 30 heavy (non-hydrogen) atoms. The van der Waals surface area contributed by atoms with Crippen molar-refractivity contribution in [2.75, 3.05) is 31.6 Å². The zero-order valence-corrected chi connectivity index (χ0v) is 17.0. The van der Waals surface area contributed by atoms with Crippen LogP contribution >= 0.6 is 0 Å². The van der Waals surface area contributed by atoms with Crippen LogP contribution in [0.5, 0.6) is 0 Å². The van der Waals surface area contributed by atoms with E-state index in [0.717, 1.165) is 11.1 Å². The van der Waals surface area contributed by atoms with Gasteiger partial charge in [0.2, 0.25) is 0 Å². The lowest BCUT2D eigenvalue weighted by atomic mass is 10.0. The number of aryl methyl sites for hydroxylation is 2. The van der Waals surface area contributed by atoms with Crippen LogP contribution in [-0.2, 0) is 4.74 Å². The number of rotatable bonds is 4. The SMILES string of the molecule is Cc1ccc(C)c(NC(=O)c2ncoc2-c2ccccc2C(=O)N2CCOCC2)c1. The number of ether oxygens (including phenoxy) is 1. The largest absolute Gasteiger partial charge is 0.443 e. The molecule has 4 rings (SSSR count). The van der Waals surface area contributed by atoms with Crippen LogP contribution in [0.15, 0.2) is 53.3 Å². The molecular formula is C23H23N3O4. The standard InChI is InChI=1S/C23H23N3O4/c1-15-7-8-16(2)19(13-15)25-22(27)20-21(30-14-24-20)17-5-3-4-6-18(17)23(28)26-9-11-29-12-10-26/h3-8,13-14H,9-12H2,1-2H3,(H,25,27). The van der Waals surface area contributed by atoms with Gasteiger partial charge in [-0.25, -0.2) is 4.98 Å². The fourth-order valence-corrected chi connectivity index (χ4v) is 3.46. The van der Waals surface area contributed by atoms with E-state index in [9.17, 15) is 9.59 Å². The summed E-state index contributed by atoms with van der Waals surface area (Å²) >= 11 is 0. The summed E-state index contributed by atoms with van der Waals surface area (Å²) in [6, 6.07) is 12.9. The number of oxazole rings is 1. The third kappa shape index (κ3) is 3.97. The van der Waals surface area contributed by atoms with Gasteiger partial charge in [-0.15, -0.1) is 0 Å². The highest BCUT2D eigenvalue weighted by molar-refractivity contribution is 6.09. The molecule has 154 valence electrons. The monoisotopic (exact) mass is 405 g/mol. The Hall–Kier alpha value is -3.45. The van der Waals surface area contributed by atoms with Crippen molar-refractivity contribution in [2.45, 2.75) is 13.8 Å². The first-order valence-corrected chi connectivity index (χ1v) is 9.83. The molecule has 7 nitrogen and oxygen atoms in total. The Morgan fingerprint density at radius 3 is 2.63 bits per heavy atom. The van der Waals surface area contributed by atoms with Gasteiger partial charge in [-0.1, -0.05) is 30.3 Å². The number of aromatic nitrogens is 1. The maximum atomic E-state index is 13.1. The van der Waals surface area contributed by atoms with Gasteiger partial charge in [-0.2, -0.15) is 0 Å². The molecule has 0 aliphatic carbocycles. The summed E-state index contributed by atoms with van der Waals surface area (Å²) < 4.78 is 10.9. The van der Waals surface area contributed by atoms with Gasteiger partial charge in [-0.05, 0) is 37.1 Å². The number of hydrogen-bond acceptors (Lipinski definition) is 5. The molecule has 3 aromatic rings. The summed E-state index contributed by atoms with van der Waals surface area (Å²) in [6.07, 6.45) is 1.23. The van der Waals surface area contributed by atoms with Gasteiger partial charge >= 0.3 is 0 Å². The molecule has 1 N–H and O–H groups in total. The number of nitrogens with zero attached hydrogens (tertiary/aromatic N) is 2. The minimum atomic E-state index is -0.388. The van der Waals surface area contributed by atoms with E-state index < -0.39 is 0 Å². The molecule has 1 fully saturated rings. The first kappa shape index (κ1) is 19.8. The molecule has 1 aliphatic rings. The lowest BCUT2D eigenvalue weighted by Gasteiger charge is -2.27. The van der Waals surface area contributed by atoms with E-state index in [2.05, 4.69) is 10.3 Å². The number of anilines is 1. The molecule has 0 saturated carbocycles. The number of hydrogen-bond donors (Lipinski definition) is 1. The van der Waals surface area contributed by atoms with Gasteiger partial charge < -0.3 is 19.4 Å². The molecular weight excluding hydrogens is 382 g/mol. The second kappa shape index (κ2) is 8.51. The molecule has 0 unspecified atom stereocenters. The summed E-state index contributed by atoms with van der Waals surface area (Å²) in [6.45, 7) is 5.98. The van der Waals surface area contributed by atoms with Crippen LogP contribution in [-0.4, -0.2) is 48.0 Å². The minimum Gasteiger partial charge on any atom is -0.443 e. The van der Waals surface area contributed by atoms with Crippen LogP contribution < -0.4 is 5.32 Å². The average molecular weight is 405 g/mol. The Balaban J connectivity index is 1.66. The highest BCUT2D eigenvalue weighted by Gasteiger charge is 2.26. The molecule has 0 radical (unpaired) electrons. The maximum Gasteiger partial charge on any atom is 0.278 e. The van der Waals surface area contributed by atoms with E-state index in [1.165, 1.54) is 6.39 Å². The Bertz CT molecular complexity index is 1080. The minimum absolute atomic E-state index is 0.119. The van der Waals surface area contributed by atoms with Crippen LogP contribution in [0.3, 0.4) is 0 Å².